The van der Waals surface area contributed by atoms with Crippen molar-refractivity contribution in [1.82, 2.24) is 15.6 Å². The highest BCUT2D eigenvalue weighted by molar-refractivity contribution is 7.80. The van der Waals surface area contributed by atoms with Crippen molar-refractivity contribution in [2.45, 2.75) is 39.2 Å². The molecule has 0 bridgehead atoms. The maximum atomic E-state index is 12.3. The number of aryl methyl sites for hydroxylation is 2. The molecule has 0 aliphatic carbocycles. The third-order valence-corrected chi connectivity index (χ3v) is 5.00. The number of hydrogen-bond donors (Lipinski definition) is 3. The summed E-state index contributed by atoms with van der Waals surface area (Å²) in [6.07, 6.45) is 3.09. The van der Waals surface area contributed by atoms with Gasteiger partial charge in [0, 0.05) is 30.6 Å². The summed E-state index contributed by atoms with van der Waals surface area (Å²) >= 11 is 5.29. The van der Waals surface area contributed by atoms with Crippen molar-refractivity contribution in [3.05, 3.63) is 45.2 Å². The van der Waals surface area contributed by atoms with E-state index in [0.717, 1.165) is 48.0 Å². The Labute approximate surface area is 153 Å². The first-order chi connectivity index (χ1) is 12.0. The average Bonchev–Trinajstić information content (AvgIpc) is 3.11. The first-order valence-corrected chi connectivity index (χ1v) is 9.21. The molecule has 0 radical (unpaired) electrons. The number of aromatic nitrogens is 1. The second-order valence-electron chi connectivity index (χ2n) is 6.63. The molecule has 0 saturated carbocycles. The molecule has 3 rings (SSSR count). The summed E-state index contributed by atoms with van der Waals surface area (Å²) in [7, 11) is 0. The van der Waals surface area contributed by atoms with Crippen LogP contribution in [0, 0.1) is 13.8 Å². The van der Waals surface area contributed by atoms with Crippen molar-refractivity contribution < 1.29 is 4.74 Å². The van der Waals surface area contributed by atoms with Crippen molar-refractivity contribution in [1.29, 1.82) is 0 Å². The zero-order chi connectivity index (χ0) is 17.8. The number of hydrogen-bond acceptors (Lipinski definition) is 3. The number of rotatable bonds is 5. The number of benzene rings is 1. The topological polar surface area (TPSA) is 66.2 Å². The minimum absolute atomic E-state index is 0.0266. The highest BCUT2D eigenvalue weighted by Crippen LogP contribution is 2.19. The molecule has 2 heterocycles. The van der Waals surface area contributed by atoms with Crippen LogP contribution in [0.25, 0.3) is 10.9 Å². The van der Waals surface area contributed by atoms with Crippen molar-refractivity contribution in [2.75, 3.05) is 19.7 Å². The lowest BCUT2D eigenvalue weighted by atomic mass is 10.0. The summed E-state index contributed by atoms with van der Waals surface area (Å²) in [6.45, 7) is 6.28. The number of thiocarbonyl (C=S) groups is 1. The maximum absolute atomic E-state index is 12.3. The molecule has 3 N–H and O–H groups in total. The molecule has 0 unspecified atom stereocenters. The van der Waals surface area contributed by atoms with Gasteiger partial charge in [-0.25, -0.2) is 0 Å². The molecular weight excluding hydrogens is 334 g/mol. The smallest absolute Gasteiger partial charge is 0.251 e. The van der Waals surface area contributed by atoms with Crippen molar-refractivity contribution >= 4 is 28.2 Å². The van der Waals surface area contributed by atoms with Gasteiger partial charge in [-0.15, -0.1) is 0 Å². The molecule has 1 aromatic carbocycles. The molecular formula is C19H25N3O2S. The predicted octanol–water partition coefficient (Wildman–Crippen LogP) is 2.33. The van der Waals surface area contributed by atoms with E-state index >= 15 is 0 Å². The van der Waals surface area contributed by atoms with Crippen LogP contribution in [0.1, 0.15) is 29.5 Å². The van der Waals surface area contributed by atoms with E-state index in [-0.39, 0.29) is 11.7 Å². The highest BCUT2D eigenvalue weighted by atomic mass is 32.1. The van der Waals surface area contributed by atoms with Gasteiger partial charge in [-0.1, -0.05) is 12.1 Å². The summed E-state index contributed by atoms with van der Waals surface area (Å²) < 4.78 is 5.56. The van der Waals surface area contributed by atoms with E-state index in [4.69, 9.17) is 17.0 Å². The summed E-state index contributed by atoms with van der Waals surface area (Å²) in [5.41, 5.74) is 3.93. The minimum Gasteiger partial charge on any atom is -0.376 e. The molecule has 25 heavy (non-hydrogen) atoms. The predicted molar refractivity (Wildman–Crippen MR) is 105 cm³/mol. The molecule has 134 valence electrons. The van der Waals surface area contributed by atoms with Gasteiger partial charge in [0.05, 0.1) is 11.6 Å². The number of aromatic amines is 1. The van der Waals surface area contributed by atoms with E-state index < -0.39 is 0 Å². The van der Waals surface area contributed by atoms with Gasteiger partial charge in [0.1, 0.15) is 0 Å². The van der Waals surface area contributed by atoms with Gasteiger partial charge in [0.2, 0.25) is 0 Å². The molecule has 1 atom stereocenters. The second kappa shape index (κ2) is 7.97. The van der Waals surface area contributed by atoms with E-state index in [9.17, 15) is 4.79 Å². The molecule has 0 amide bonds. The molecule has 6 heteroatoms. The summed E-state index contributed by atoms with van der Waals surface area (Å²) in [6, 6.07) is 6.12. The Kier molecular flexibility index (Phi) is 5.71. The monoisotopic (exact) mass is 359 g/mol. The Bertz CT molecular complexity index is 825. The first kappa shape index (κ1) is 17.9. The van der Waals surface area contributed by atoms with E-state index in [2.05, 4.69) is 28.6 Å². The van der Waals surface area contributed by atoms with Gasteiger partial charge in [0.15, 0.2) is 5.11 Å². The van der Waals surface area contributed by atoms with E-state index in [1.807, 2.05) is 19.1 Å². The largest absolute Gasteiger partial charge is 0.376 e. The number of H-pyrrole nitrogens is 1. The number of pyridine rings is 1. The van der Waals surface area contributed by atoms with Gasteiger partial charge in [0.25, 0.3) is 5.56 Å². The maximum Gasteiger partial charge on any atom is 0.251 e. The molecule has 2 aromatic rings. The van der Waals surface area contributed by atoms with Crippen LogP contribution in [0.5, 0.6) is 0 Å². The van der Waals surface area contributed by atoms with Crippen LogP contribution in [0.4, 0.5) is 0 Å². The number of nitrogens with one attached hydrogen (secondary N) is 3. The van der Waals surface area contributed by atoms with Crippen LogP contribution in [0.2, 0.25) is 0 Å². The lowest BCUT2D eigenvalue weighted by molar-refractivity contribution is 0.114. The van der Waals surface area contributed by atoms with Crippen LogP contribution >= 0.6 is 12.2 Å². The van der Waals surface area contributed by atoms with E-state index in [0.29, 0.717) is 18.1 Å². The summed E-state index contributed by atoms with van der Waals surface area (Å²) in [5, 5.41) is 8.07. The van der Waals surface area contributed by atoms with Crippen LogP contribution in [0.3, 0.4) is 0 Å². The minimum atomic E-state index is -0.0266. The third-order valence-electron chi connectivity index (χ3n) is 4.71. The van der Waals surface area contributed by atoms with Gasteiger partial charge in [-0.05, 0) is 62.5 Å². The number of ether oxygens (including phenoxy) is 1. The van der Waals surface area contributed by atoms with Crippen LogP contribution in [-0.4, -0.2) is 35.9 Å². The normalized spacial score (nSPS) is 17.0. The molecule has 1 saturated heterocycles. The van der Waals surface area contributed by atoms with Crippen molar-refractivity contribution in [3.8, 4) is 0 Å². The summed E-state index contributed by atoms with van der Waals surface area (Å²) in [4.78, 5) is 15.3. The lowest BCUT2D eigenvalue weighted by Crippen LogP contribution is -2.40. The van der Waals surface area contributed by atoms with Crippen LogP contribution < -0.4 is 16.2 Å². The zero-order valence-electron chi connectivity index (χ0n) is 14.8. The fraction of sp³-hybridized carbons (Fsp3) is 0.474. The van der Waals surface area contributed by atoms with Gasteiger partial charge < -0.3 is 20.4 Å². The first-order valence-electron chi connectivity index (χ1n) is 8.80. The lowest BCUT2D eigenvalue weighted by Gasteiger charge is -2.14. The fourth-order valence-corrected chi connectivity index (χ4v) is 3.37. The van der Waals surface area contributed by atoms with Gasteiger partial charge in [-0.2, -0.15) is 0 Å². The molecule has 1 aliphatic rings. The van der Waals surface area contributed by atoms with Gasteiger partial charge in [-0.3, -0.25) is 4.79 Å². The van der Waals surface area contributed by atoms with Crippen LogP contribution in [-0.2, 0) is 11.2 Å². The fourth-order valence-electron chi connectivity index (χ4n) is 3.19. The Hall–Kier alpha value is -1.92. The quantitative estimate of drug-likeness (QED) is 0.715. The molecule has 1 aliphatic heterocycles. The summed E-state index contributed by atoms with van der Waals surface area (Å²) in [5.74, 6) is 0. The molecule has 1 aromatic heterocycles. The highest BCUT2D eigenvalue weighted by Gasteiger charge is 2.15. The average molecular weight is 359 g/mol. The Balaban J connectivity index is 1.57. The van der Waals surface area contributed by atoms with Crippen molar-refractivity contribution in [3.63, 3.8) is 0 Å². The SMILES string of the molecule is Cc1ccc(C)c2[nH]c(=O)c(CCNC(=S)NC[C@@H]3CCCO3)cc12. The Morgan fingerprint density at radius 2 is 2.12 bits per heavy atom. The molecule has 0 spiro atoms. The molecule has 5 nitrogen and oxygen atoms in total. The second-order valence-corrected chi connectivity index (χ2v) is 7.04. The third kappa shape index (κ3) is 4.38. The number of fused-ring (bicyclic) bond motifs is 1. The standard InChI is InChI=1S/C19H25N3O2S/c1-12-5-6-13(2)17-16(12)10-14(18(23)22-17)7-8-20-19(25)21-11-15-4-3-9-24-15/h5-6,10,15H,3-4,7-9,11H2,1-2H3,(H,22,23)(H2,20,21,25)/t15-/m0/s1. The Morgan fingerprint density at radius 3 is 2.88 bits per heavy atom. The van der Waals surface area contributed by atoms with Crippen LogP contribution in [0.15, 0.2) is 23.0 Å². The van der Waals surface area contributed by atoms with E-state index in [1.165, 1.54) is 5.56 Å². The Morgan fingerprint density at radius 1 is 1.32 bits per heavy atom. The molecule has 1 fully saturated rings. The van der Waals surface area contributed by atoms with Gasteiger partial charge >= 0.3 is 0 Å². The van der Waals surface area contributed by atoms with E-state index in [1.54, 1.807) is 0 Å². The van der Waals surface area contributed by atoms with Crippen molar-refractivity contribution in [2.24, 2.45) is 0 Å². The zero-order valence-corrected chi connectivity index (χ0v) is 15.6.